The van der Waals surface area contributed by atoms with Gasteiger partial charge in [-0.25, -0.2) is 0 Å². The molecule has 1 aromatic heterocycles. The molecule has 0 radical (unpaired) electrons. The van der Waals surface area contributed by atoms with E-state index in [0.29, 0.717) is 25.4 Å². The highest BCUT2D eigenvalue weighted by molar-refractivity contribution is 5.70. The summed E-state index contributed by atoms with van der Waals surface area (Å²) in [4.78, 5) is 15.9. The highest BCUT2D eigenvalue weighted by atomic mass is 16.4. The topological polar surface area (TPSA) is 77.1 Å². The van der Waals surface area contributed by atoms with Gasteiger partial charge in [-0.15, -0.1) is 0 Å². The number of nitrogens with zero attached hydrogens (tertiary/aromatic N) is 2. The summed E-state index contributed by atoms with van der Waals surface area (Å²) >= 11 is 0. The average Bonchev–Trinajstić information content (AvgIpc) is 3.23. The third-order valence-corrected chi connectivity index (χ3v) is 4.50. The molecule has 2 heterocycles. The van der Waals surface area contributed by atoms with Crippen LogP contribution in [-0.2, 0) is 17.9 Å². The van der Waals surface area contributed by atoms with E-state index in [4.69, 9.17) is 9.52 Å². The molecule has 1 saturated heterocycles. The molecule has 6 heteroatoms. The number of carboxylic acid groups (broad SMARTS) is 1. The smallest absolute Gasteiger partial charge is 0.309 e. The number of aliphatic hydroxyl groups excluding tert-OH is 1. The standard InChI is InChI=1S/C16H24N2O4/c19-11-15-4-3-14(22-15)10-18-6-5-17(7-12-1-2-12)8-13(9-18)16(20)21/h3-4,12-13,19H,1-2,5-11H2,(H,20,21). The second-order valence-corrected chi connectivity index (χ2v) is 6.50. The number of aliphatic carboxylic acids is 1. The zero-order valence-corrected chi connectivity index (χ0v) is 12.8. The van der Waals surface area contributed by atoms with Crippen LogP contribution in [0.4, 0.5) is 0 Å². The van der Waals surface area contributed by atoms with E-state index in [-0.39, 0.29) is 12.5 Å². The summed E-state index contributed by atoms with van der Waals surface area (Å²) in [6.45, 7) is 4.48. The summed E-state index contributed by atoms with van der Waals surface area (Å²) in [5.41, 5.74) is 0. The number of hydrogen-bond acceptors (Lipinski definition) is 5. The average molecular weight is 308 g/mol. The zero-order chi connectivity index (χ0) is 15.5. The number of carboxylic acids is 1. The molecular formula is C16H24N2O4. The van der Waals surface area contributed by atoms with Crippen molar-refractivity contribution in [3.05, 3.63) is 23.7 Å². The molecule has 3 rings (SSSR count). The summed E-state index contributed by atoms with van der Waals surface area (Å²) < 4.78 is 5.52. The van der Waals surface area contributed by atoms with Crippen molar-refractivity contribution in [1.82, 2.24) is 9.80 Å². The molecule has 1 aromatic rings. The molecule has 0 bridgehead atoms. The summed E-state index contributed by atoms with van der Waals surface area (Å²) in [5.74, 6) is 1.04. The Morgan fingerprint density at radius 2 is 1.86 bits per heavy atom. The van der Waals surface area contributed by atoms with Crippen LogP contribution in [0.1, 0.15) is 24.4 Å². The normalized spacial score (nSPS) is 24.3. The lowest BCUT2D eigenvalue weighted by Gasteiger charge is -2.21. The fourth-order valence-electron chi connectivity index (χ4n) is 3.09. The summed E-state index contributed by atoms with van der Waals surface area (Å²) in [5, 5.41) is 18.5. The van der Waals surface area contributed by atoms with Crippen LogP contribution in [-0.4, -0.2) is 58.7 Å². The Labute approximate surface area is 130 Å². The molecule has 1 unspecified atom stereocenters. The van der Waals surface area contributed by atoms with E-state index in [9.17, 15) is 9.90 Å². The molecule has 0 amide bonds. The van der Waals surface area contributed by atoms with E-state index >= 15 is 0 Å². The molecule has 1 aliphatic carbocycles. The van der Waals surface area contributed by atoms with E-state index in [1.54, 1.807) is 6.07 Å². The Morgan fingerprint density at radius 3 is 2.50 bits per heavy atom. The molecular weight excluding hydrogens is 284 g/mol. The van der Waals surface area contributed by atoms with Gasteiger partial charge in [-0.05, 0) is 30.9 Å². The minimum Gasteiger partial charge on any atom is -0.481 e. The van der Waals surface area contributed by atoms with Gasteiger partial charge in [0, 0.05) is 32.7 Å². The van der Waals surface area contributed by atoms with Gasteiger partial charge in [0.05, 0.1) is 12.5 Å². The van der Waals surface area contributed by atoms with Crippen molar-refractivity contribution in [2.75, 3.05) is 32.7 Å². The van der Waals surface area contributed by atoms with Gasteiger partial charge in [-0.1, -0.05) is 0 Å². The van der Waals surface area contributed by atoms with Crippen LogP contribution in [0.25, 0.3) is 0 Å². The fourth-order valence-corrected chi connectivity index (χ4v) is 3.09. The molecule has 1 saturated carbocycles. The maximum atomic E-state index is 11.5. The van der Waals surface area contributed by atoms with E-state index < -0.39 is 5.97 Å². The number of rotatable bonds is 6. The number of aliphatic hydroxyl groups is 1. The lowest BCUT2D eigenvalue weighted by Crippen LogP contribution is -2.35. The molecule has 0 spiro atoms. The van der Waals surface area contributed by atoms with Crippen molar-refractivity contribution in [3.8, 4) is 0 Å². The molecule has 2 N–H and O–H groups in total. The lowest BCUT2D eigenvalue weighted by molar-refractivity contribution is -0.142. The second-order valence-electron chi connectivity index (χ2n) is 6.50. The Balaban J connectivity index is 1.61. The van der Waals surface area contributed by atoms with E-state index in [1.807, 2.05) is 6.07 Å². The van der Waals surface area contributed by atoms with Crippen LogP contribution in [0, 0.1) is 11.8 Å². The number of carbonyl (C=O) groups is 1. The number of furan rings is 1. The molecule has 2 fully saturated rings. The Hall–Kier alpha value is -1.37. The van der Waals surface area contributed by atoms with E-state index in [2.05, 4.69) is 9.80 Å². The Kier molecular flexibility index (Phi) is 4.81. The van der Waals surface area contributed by atoms with Crippen molar-refractivity contribution in [3.63, 3.8) is 0 Å². The first-order valence-electron chi connectivity index (χ1n) is 8.00. The van der Waals surface area contributed by atoms with Gasteiger partial charge in [0.25, 0.3) is 0 Å². The highest BCUT2D eigenvalue weighted by Crippen LogP contribution is 2.30. The first kappa shape index (κ1) is 15.5. The minimum atomic E-state index is -0.719. The molecule has 22 heavy (non-hydrogen) atoms. The van der Waals surface area contributed by atoms with Crippen molar-refractivity contribution in [2.24, 2.45) is 11.8 Å². The van der Waals surface area contributed by atoms with Crippen molar-refractivity contribution in [2.45, 2.75) is 26.0 Å². The van der Waals surface area contributed by atoms with Gasteiger partial charge < -0.3 is 19.5 Å². The second kappa shape index (κ2) is 6.81. The van der Waals surface area contributed by atoms with Gasteiger partial charge in [0.2, 0.25) is 0 Å². The molecule has 122 valence electrons. The maximum Gasteiger partial charge on any atom is 0.309 e. The predicted molar refractivity (Wildman–Crippen MR) is 80.2 cm³/mol. The lowest BCUT2D eigenvalue weighted by atomic mass is 10.1. The fraction of sp³-hybridized carbons (Fsp3) is 0.688. The highest BCUT2D eigenvalue weighted by Gasteiger charge is 2.31. The van der Waals surface area contributed by atoms with Crippen LogP contribution >= 0.6 is 0 Å². The van der Waals surface area contributed by atoms with Gasteiger partial charge in [0.15, 0.2) is 0 Å². The molecule has 1 atom stereocenters. The summed E-state index contributed by atoms with van der Waals surface area (Å²) in [6, 6.07) is 3.62. The van der Waals surface area contributed by atoms with Crippen LogP contribution in [0.5, 0.6) is 0 Å². The van der Waals surface area contributed by atoms with Gasteiger partial charge in [-0.3, -0.25) is 9.69 Å². The van der Waals surface area contributed by atoms with E-state index in [1.165, 1.54) is 12.8 Å². The summed E-state index contributed by atoms with van der Waals surface area (Å²) in [7, 11) is 0. The largest absolute Gasteiger partial charge is 0.481 e. The SMILES string of the molecule is O=C(O)C1CN(Cc2ccc(CO)o2)CCN(CC2CC2)C1. The third-order valence-electron chi connectivity index (χ3n) is 4.50. The van der Waals surface area contributed by atoms with Crippen LogP contribution in [0.3, 0.4) is 0 Å². The quantitative estimate of drug-likeness (QED) is 0.816. The first-order valence-corrected chi connectivity index (χ1v) is 8.00. The van der Waals surface area contributed by atoms with Gasteiger partial charge >= 0.3 is 5.97 Å². The van der Waals surface area contributed by atoms with Gasteiger partial charge in [-0.2, -0.15) is 0 Å². The first-order chi connectivity index (χ1) is 10.6. The van der Waals surface area contributed by atoms with E-state index in [0.717, 1.165) is 31.3 Å². The Bertz CT molecular complexity index is 512. The van der Waals surface area contributed by atoms with Crippen molar-refractivity contribution < 1.29 is 19.4 Å². The maximum absolute atomic E-state index is 11.5. The van der Waals surface area contributed by atoms with Crippen LogP contribution < -0.4 is 0 Å². The predicted octanol–water partition coefficient (Wildman–Crippen LogP) is 1.00. The molecule has 6 nitrogen and oxygen atoms in total. The molecule has 2 aliphatic rings. The van der Waals surface area contributed by atoms with Crippen LogP contribution in [0.15, 0.2) is 16.5 Å². The molecule has 1 aliphatic heterocycles. The van der Waals surface area contributed by atoms with Crippen molar-refractivity contribution >= 4 is 5.97 Å². The molecule has 0 aromatic carbocycles. The zero-order valence-electron chi connectivity index (χ0n) is 12.8. The third kappa shape index (κ3) is 4.09. The summed E-state index contributed by atoms with van der Waals surface area (Å²) in [6.07, 6.45) is 2.57. The number of hydrogen-bond donors (Lipinski definition) is 2. The van der Waals surface area contributed by atoms with Crippen molar-refractivity contribution in [1.29, 1.82) is 0 Å². The van der Waals surface area contributed by atoms with Crippen LogP contribution in [0.2, 0.25) is 0 Å². The monoisotopic (exact) mass is 308 g/mol. The van der Waals surface area contributed by atoms with Gasteiger partial charge in [0.1, 0.15) is 18.1 Å². The minimum absolute atomic E-state index is 0.104. The Morgan fingerprint density at radius 1 is 1.18 bits per heavy atom.